The lowest BCUT2D eigenvalue weighted by Crippen LogP contribution is -2.31. The van der Waals surface area contributed by atoms with Crippen LogP contribution in [0.25, 0.3) is 0 Å². The minimum Gasteiger partial charge on any atom is -0.497 e. The Bertz CT molecular complexity index is 659. The van der Waals surface area contributed by atoms with Gasteiger partial charge in [0.1, 0.15) is 16.5 Å². The first kappa shape index (κ1) is 16.0. The Morgan fingerprint density at radius 3 is 2.64 bits per heavy atom. The molecule has 0 aliphatic carbocycles. The van der Waals surface area contributed by atoms with Gasteiger partial charge in [-0.1, -0.05) is 11.3 Å². The highest BCUT2D eigenvalue weighted by Crippen LogP contribution is 2.29. The van der Waals surface area contributed by atoms with Crippen molar-refractivity contribution in [1.29, 1.82) is 0 Å². The van der Waals surface area contributed by atoms with Crippen molar-refractivity contribution >= 4 is 22.5 Å². The number of ether oxygens (including phenoxy) is 2. The Morgan fingerprint density at radius 2 is 2.05 bits per heavy atom. The van der Waals surface area contributed by atoms with E-state index in [-0.39, 0.29) is 12.1 Å². The molecule has 2 N–H and O–H groups in total. The van der Waals surface area contributed by atoms with E-state index >= 15 is 0 Å². The van der Waals surface area contributed by atoms with Crippen LogP contribution in [0.4, 0.5) is 9.93 Å². The monoisotopic (exact) mass is 322 g/mol. The van der Waals surface area contributed by atoms with Crippen molar-refractivity contribution in [2.45, 2.75) is 19.9 Å². The number of anilines is 1. The van der Waals surface area contributed by atoms with Crippen LogP contribution in [-0.4, -0.2) is 30.4 Å². The third-order valence-corrected chi connectivity index (χ3v) is 3.75. The summed E-state index contributed by atoms with van der Waals surface area (Å²) in [5.41, 5.74) is 0.824. The van der Waals surface area contributed by atoms with Gasteiger partial charge in [-0.05, 0) is 32.0 Å². The van der Waals surface area contributed by atoms with Crippen molar-refractivity contribution in [3.8, 4) is 11.5 Å². The maximum Gasteiger partial charge on any atom is 0.321 e. The molecule has 7 nitrogen and oxygen atoms in total. The zero-order valence-electron chi connectivity index (χ0n) is 12.8. The van der Waals surface area contributed by atoms with Gasteiger partial charge in [0.2, 0.25) is 5.13 Å². The Labute approximate surface area is 132 Å². The molecule has 1 atom stereocenters. The van der Waals surface area contributed by atoms with Crippen molar-refractivity contribution in [2.75, 3.05) is 19.5 Å². The molecule has 0 saturated heterocycles. The van der Waals surface area contributed by atoms with Crippen molar-refractivity contribution in [3.05, 3.63) is 28.8 Å². The summed E-state index contributed by atoms with van der Waals surface area (Å²) in [6.07, 6.45) is 0. The lowest BCUT2D eigenvalue weighted by atomic mass is 10.1. The summed E-state index contributed by atoms with van der Waals surface area (Å²) in [6, 6.07) is 4.82. The summed E-state index contributed by atoms with van der Waals surface area (Å²) < 4.78 is 10.5. The largest absolute Gasteiger partial charge is 0.497 e. The fourth-order valence-electron chi connectivity index (χ4n) is 1.93. The van der Waals surface area contributed by atoms with E-state index < -0.39 is 0 Å². The van der Waals surface area contributed by atoms with Crippen molar-refractivity contribution in [1.82, 2.24) is 15.5 Å². The topological polar surface area (TPSA) is 85.4 Å². The maximum atomic E-state index is 12.0. The van der Waals surface area contributed by atoms with Crippen molar-refractivity contribution < 1.29 is 14.3 Å². The molecule has 2 rings (SSSR count). The minimum absolute atomic E-state index is 0.265. The molecule has 0 aliphatic rings. The molecule has 0 fully saturated rings. The normalized spacial score (nSPS) is 11.6. The molecule has 2 aromatic rings. The molecule has 22 heavy (non-hydrogen) atoms. The third-order valence-electron chi connectivity index (χ3n) is 3.00. The molecule has 0 aliphatic heterocycles. The number of carbonyl (C=O) groups is 1. The summed E-state index contributed by atoms with van der Waals surface area (Å²) in [4.78, 5) is 12.0. The zero-order valence-corrected chi connectivity index (χ0v) is 13.7. The first-order chi connectivity index (χ1) is 10.5. The second-order valence-corrected chi connectivity index (χ2v) is 5.74. The molecule has 0 spiro atoms. The van der Waals surface area contributed by atoms with Crippen LogP contribution in [0.15, 0.2) is 18.2 Å². The number of benzene rings is 1. The predicted molar refractivity (Wildman–Crippen MR) is 84.8 cm³/mol. The summed E-state index contributed by atoms with van der Waals surface area (Å²) in [5, 5.41) is 14.4. The lowest BCUT2D eigenvalue weighted by Gasteiger charge is -2.18. The summed E-state index contributed by atoms with van der Waals surface area (Å²) in [6.45, 7) is 3.69. The van der Waals surface area contributed by atoms with E-state index in [9.17, 15) is 4.79 Å². The maximum absolute atomic E-state index is 12.0. The van der Waals surface area contributed by atoms with Crippen molar-refractivity contribution in [3.63, 3.8) is 0 Å². The van der Waals surface area contributed by atoms with Gasteiger partial charge in [0.25, 0.3) is 0 Å². The molecule has 118 valence electrons. The number of amides is 2. The van der Waals surface area contributed by atoms with Crippen LogP contribution in [0, 0.1) is 6.92 Å². The molecule has 8 heteroatoms. The van der Waals surface area contributed by atoms with Gasteiger partial charge < -0.3 is 14.8 Å². The number of methoxy groups -OCH3 is 2. The number of hydrogen-bond donors (Lipinski definition) is 2. The fraction of sp³-hybridized carbons (Fsp3) is 0.357. The Balaban J connectivity index is 2.07. The number of aryl methyl sites for hydroxylation is 1. The van der Waals surface area contributed by atoms with E-state index in [1.165, 1.54) is 11.3 Å². The van der Waals surface area contributed by atoms with Crippen LogP contribution in [0.2, 0.25) is 0 Å². The smallest absolute Gasteiger partial charge is 0.321 e. The van der Waals surface area contributed by atoms with Crippen LogP contribution in [-0.2, 0) is 0 Å². The van der Waals surface area contributed by atoms with Crippen LogP contribution < -0.4 is 20.1 Å². The SMILES string of the molecule is COc1ccc(OC)c([C@@H](C)NC(=O)Nc2nnc(C)s2)c1. The first-order valence-corrected chi connectivity index (χ1v) is 7.44. The second kappa shape index (κ2) is 7.08. The quantitative estimate of drug-likeness (QED) is 0.884. The van der Waals surface area contributed by atoms with Gasteiger partial charge >= 0.3 is 6.03 Å². The Hall–Kier alpha value is -2.35. The van der Waals surface area contributed by atoms with E-state index in [0.717, 1.165) is 10.6 Å². The number of rotatable bonds is 5. The van der Waals surface area contributed by atoms with Gasteiger partial charge in [-0.3, -0.25) is 5.32 Å². The number of hydrogen-bond acceptors (Lipinski definition) is 6. The van der Waals surface area contributed by atoms with E-state index in [1.54, 1.807) is 26.4 Å². The number of urea groups is 1. The number of aromatic nitrogens is 2. The Morgan fingerprint density at radius 1 is 1.27 bits per heavy atom. The van der Waals surface area contributed by atoms with E-state index in [1.807, 2.05) is 19.9 Å². The van der Waals surface area contributed by atoms with E-state index in [2.05, 4.69) is 20.8 Å². The molecule has 1 aromatic carbocycles. The van der Waals surface area contributed by atoms with Crippen molar-refractivity contribution in [2.24, 2.45) is 0 Å². The third kappa shape index (κ3) is 3.85. The molecule has 0 radical (unpaired) electrons. The van der Waals surface area contributed by atoms with Crippen LogP contribution in [0.3, 0.4) is 0 Å². The van der Waals surface area contributed by atoms with Gasteiger partial charge in [0, 0.05) is 5.56 Å². The molecule has 2 amide bonds. The van der Waals surface area contributed by atoms with Crippen LogP contribution in [0.1, 0.15) is 23.5 Å². The van der Waals surface area contributed by atoms with Crippen LogP contribution in [0.5, 0.6) is 11.5 Å². The molecular formula is C14H18N4O3S. The predicted octanol–water partition coefficient (Wildman–Crippen LogP) is 2.75. The zero-order chi connectivity index (χ0) is 16.1. The molecule has 0 saturated carbocycles. The number of carbonyl (C=O) groups excluding carboxylic acids is 1. The molecule has 0 unspecified atom stereocenters. The minimum atomic E-state index is -0.353. The first-order valence-electron chi connectivity index (χ1n) is 6.63. The average molecular weight is 322 g/mol. The van der Waals surface area contributed by atoms with Crippen LogP contribution >= 0.6 is 11.3 Å². The Kier molecular flexibility index (Phi) is 5.16. The summed E-state index contributed by atoms with van der Waals surface area (Å²) >= 11 is 1.31. The summed E-state index contributed by atoms with van der Waals surface area (Å²) in [7, 11) is 3.18. The van der Waals surface area contributed by atoms with Gasteiger partial charge in [0.05, 0.1) is 20.3 Å². The van der Waals surface area contributed by atoms with Gasteiger partial charge in [-0.25, -0.2) is 4.79 Å². The van der Waals surface area contributed by atoms with E-state index in [0.29, 0.717) is 16.6 Å². The van der Waals surface area contributed by atoms with Gasteiger partial charge in [-0.2, -0.15) is 0 Å². The molecule has 1 aromatic heterocycles. The highest BCUT2D eigenvalue weighted by atomic mass is 32.1. The molecule has 1 heterocycles. The standard InChI is InChI=1S/C14H18N4O3S/c1-8(11-7-10(20-3)5-6-12(11)21-4)15-13(19)16-14-18-17-9(2)22-14/h5-8H,1-4H3,(H2,15,16,18,19)/t8-/m1/s1. The average Bonchev–Trinajstić information content (AvgIpc) is 2.91. The second-order valence-electron chi connectivity index (χ2n) is 4.55. The highest BCUT2D eigenvalue weighted by molar-refractivity contribution is 7.15. The highest BCUT2D eigenvalue weighted by Gasteiger charge is 2.16. The summed E-state index contributed by atoms with van der Waals surface area (Å²) in [5.74, 6) is 1.38. The van der Waals surface area contributed by atoms with E-state index in [4.69, 9.17) is 9.47 Å². The van der Waals surface area contributed by atoms with Gasteiger partial charge in [-0.15, -0.1) is 10.2 Å². The molecular weight excluding hydrogens is 304 g/mol. The number of nitrogens with one attached hydrogen (secondary N) is 2. The number of nitrogens with zero attached hydrogens (tertiary/aromatic N) is 2. The molecule has 0 bridgehead atoms. The lowest BCUT2D eigenvalue weighted by molar-refractivity contribution is 0.249. The fourth-order valence-corrected chi connectivity index (χ4v) is 2.52. The van der Waals surface area contributed by atoms with Gasteiger partial charge in [0.15, 0.2) is 0 Å².